The predicted molar refractivity (Wildman–Crippen MR) is 79.9 cm³/mol. The first-order valence-electron chi connectivity index (χ1n) is 6.85. The Kier molecular flexibility index (Phi) is 3.84. The van der Waals surface area contributed by atoms with Gasteiger partial charge in [0.05, 0.1) is 12.1 Å². The van der Waals surface area contributed by atoms with Crippen LogP contribution in [0.5, 0.6) is 0 Å². The largest absolute Gasteiger partial charge is 0.476 e. The Bertz CT molecular complexity index is 677. The first-order valence-corrected chi connectivity index (χ1v) is 7.23. The number of hydrogen-bond donors (Lipinski definition) is 1. The number of aromatic nitrogens is 2. The van der Waals surface area contributed by atoms with Crippen molar-refractivity contribution < 1.29 is 9.90 Å². The molecular formula is C14H17ClN4O2. The maximum atomic E-state index is 11.3. The van der Waals surface area contributed by atoms with Crippen molar-refractivity contribution in [3.05, 3.63) is 34.9 Å². The maximum absolute atomic E-state index is 11.3. The van der Waals surface area contributed by atoms with E-state index in [9.17, 15) is 9.90 Å². The summed E-state index contributed by atoms with van der Waals surface area (Å²) in [4.78, 5) is 20.2. The quantitative estimate of drug-likeness (QED) is 0.929. The lowest BCUT2D eigenvalue weighted by molar-refractivity contribution is 0.0693. The van der Waals surface area contributed by atoms with Crippen LogP contribution in [0.25, 0.3) is 5.52 Å². The van der Waals surface area contributed by atoms with E-state index in [1.54, 1.807) is 18.3 Å². The highest BCUT2D eigenvalue weighted by Gasteiger charge is 2.20. The minimum absolute atomic E-state index is 0.0571. The van der Waals surface area contributed by atoms with Crippen molar-refractivity contribution >= 4 is 23.1 Å². The summed E-state index contributed by atoms with van der Waals surface area (Å²) in [6, 6.07) is 3.39. The summed E-state index contributed by atoms with van der Waals surface area (Å²) in [5.74, 6) is -0.289. The van der Waals surface area contributed by atoms with Gasteiger partial charge in [0.2, 0.25) is 0 Å². The highest BCUT2D eigenvalue weighted by atomic mass is 35.5. The molecule has 0 bridgehead atoms. The molecule has 6 nitrogen and oxygen atoms in total. The first kappa shape index (κ1) is 14.3. The Labute approximate surface area is 127 Å². The van der Waals surface area contributed by atoms with Gasteiger partial charge in [-0.25, -0.2) is 9.78 Å². The van der Waals surface area contributed by atoms with Crippen LogP contribution in [0.2, 0.25) is 5.02 Å². The molecule has 1 aliphatic heterocycles. The molecule has 2 aromatic heterocycles. The number of hydrogen-bond acceptors (Lipinski definition) is 4. The van der Waals surface area contributed by atoms with Crippen molar-refractivity contribution in [1.82, 2.24) is 19.2 Å². The maximum Gasteiger partial charge on any atom is 0.356 e. The van der Waals surface area contributed by atoms with Crippen molar-refractivity contribution in [1.29, 1.82) is 0 Å². The van der Waals surface area contributed by atoms with Crippen molar-refractivity contribution in [2.45, 2.75) is 6.54 Å². The molecule has 3 rings (SSSR count). The number of fused-ring (bicyclic) bond motifs is 1. The van der Waals surface area contributed by atoms with Crippen molar-refractivity contribution in [2.75, 3.05) is 33.2 Å². The summed E-state index contributed by atoms with van der Waals surface area (Å²) in [5, 5.41) is 9.80. The summed E-state index contributed by atoms with van der Waals surface area (Å²) in [6.45, 7) is 4.59. The molecule has 0 radical (unpaired) electrons. The molecular weight excluding hydrogens is 292 g/mol. The monoisotopic (exact) mass is 308 g/mol. The zero-order valence-electron chi connectivity index (χ0n) is 11.8. The van der Waals surface area contributed by atoms with Crippen LogP contribution in [0.3, 0.4) is 0 Å². The van der Waals surface area contributed by atoms with Crippen LogP contribution >= 0.6 is 11.6 Å². The second-order valence-corrected chi connectivity index (χ2v) is 5.80. The molecule has 7 heteroatoms. The molecule has 112 valence electrons. The van der Waals surface area contributed by atoms with E-state index in [1.165, 1.54) is 0 Å². The van der Waals surface area contributed by atoms with Crippen LogP contribution < -0.4 is 0 Å². The number of imidazole rings is 1. The minimum atomic E-state index is -1.03. The van der Waals surface area contributed by atoms with Gasteiger partial charge in [-0.15, -0.1) is 0 Å². The van der Waals surface area contributed by atoms with Crippen LogP contribution in [-0.4, -0.2) is 63.5 Å². The fourth-order valence-corrected chi connectivity index (χ4v) is 2.76. The lowest BCUT2D eigenvalue weighted by Crippen LogP contribution is -2.44. The van der Waals surface area contributed by atoms with Crippen molar-refractivity contribution in [3.8, 4) is 0 Å². The Morgan fingerprint density at radius 2 is 2.10 bits per heavy atom. The molecule has 0 spiro atoms. The number of carbonyl (C=O) groups is 1. The molecule has 2 aromatic rings. The van der Waals surface area contributed by atoms with Crippen molar-refractivity contribution in [3.63, 3.8) is 0 Å². The Balaban J connectivity index is 1.93. The molecule has 1 N–H and O–H groups in total. The van der Waals surface area contributed by atoms with E-state index < -0.39 is 5.97 Å². The number of aromatic carboxylic acids is 1. The molecule has 21 heavy (non-hydrogen) atoms. The molecule has 0 saturated carbocycles. The van der Waals surface area contributed by atoms with Gasteiger partial charge < -0.3 is 14.4 Å². The van der Waals surface area contributed by atoms with Gasteiger partial charge in [-0.2, -0.15) is 0 Å². The smallest absolute Gasteiger partial charge is 0.356 e. The average Bonchev–Trinajstić information content (AvgIpc) is 2.79. The highest BCUT2D eigenvalue weighted by Crippen LogP contribution is 2.19. The van der Waals surface area contributed by atoms with Crippen molar-refractivity contribution in [2.24, 2.45) is 0 Å². The second-order valence-electron chi connectivity index (χ2n) is 5.36. The molecule has 1 saturated heterocycles. The average molecular weight is 309 g/mol. The highest BCUT2D eigenvalue weighted by molar-refractivity contribution is 6.31. The van der Waals surface area contributed by atoms with Gasteiger partial charge in [0.1, 0.15) is 5.82 Å². The third-order valence-electron chi connectivity index (χ3n) is 3.84. The Morgan fingerprint density at radius 1 is 1.38 bits per heavy atom. The SMILES string of the molecule is CN1CCN(Cc2nc(C(=O)O)c3cc(Cl)ccn23)CC1. The third kappa shape index (κ3) is 2.88. The second kappa shape index (κ2) is 5.63. The minimum Gasteiger partial charge on any atom is -0.476 e. The fourth-order valence-electron chi connectivity index (χ4n) is 2.60. The zero-order chi connectivity index (χ0) is 15.0. The summed E-state index contributed by atoms with van der Waals surface area (Å²) in [6.07, 6.45) is 1.78. The molecule has 0 atom stereocenters. The van der Waals surface area contributed by atoms with Gasteiger partial charge in [-0.1, -0.05) is 11.6 Å². The van der Waals surface area contributed by atoms with Gasteiger partial charge in [-0.05, 0) is 19.2 Å². The van der Waals surface area contributed by atoms with Gasteiger partial charge >= 0.3 is 5.97 Å². The first-order chi connectivity index (χ1) is 10.0. The van der Waals surface area contributed by atoms with Crippen LogP contribution in [0.4, 0.5) is 0 Å². The Hall–Kier alpha value is -1.63. The summed E-state index contributed by atoms with van der Waals surface area (Å²) < 4.78 is 1.81. The van der Waals surface area contributed by atoms with Crippen LogP contribution in [0.15, 0.2) is 18.3 Å². The molecule has 0 unspecified atom stereocenters. The number of likely N-dealkylation sites (N-methyl/N-ethyl adjacent to an activating group) is 1. The fraction of sp³-hybridized carbons (Fsp3) is 0.429. The lowest BCUT2D eigenvalue weighted by Gasteiger charge is -2.31. The summed E-state index contributed by atoms with van der Waals surface area (Å²) in [7, 11) is 2.10. The number of rotatable bonds is 3. The molecule has 0 aromatic carbocycles. The third-order valence-corrected chi connectivity index (χ3v) is 4.08. The predicted octanol–water partition coefficient (Wildman–Crippen LogP) is 1.43. The number of pyridine rings is 1. The van der Waals surface area contributed by atoms with Gasteiger partial charge in [-0.3, -0.25) is 4.90 Å². The van der Waals surface area contributed by atoms with Crippen LogP contribution in [-0.2, 0) is 6.54 Å². The van der Waals surface area contributed by atoms with Crippen LogP contribution in [0.1, 0.15) is 16.3 Å². The number of carboxylic acids is 1. The van der Waals surface area contributed by atoms with Gasteiger partial charge in [0, 0.05) is 37.4 Å². The lowest BCUT2D eigenvalue weighted by atomic mass is 10.3. The van der Waals surface area contributed by atoms with E-state index in [0.717, 1.165) is 32.0 Å². The molecule has 1 fully saturated rings. The topological polar surface area (TPSA) is 61.1 Å². The van der Waals surface area contributed by atoms with Crippen LogP contribution in [0, 0.1) is 0 Å². The number of nitrogens with zero attached hydrogens (tertiary/aromatic N) is 4. The van der Waals surface area contributed by atoms with E-state index in [1.807, 2.05) is 4.40 Å². The van der Waals surface area contributed by atoms with E-state index in [-0.39, 0.29) is 5.69 Å². The summed E-state index contributed by atoms with van der Waals surface area (Å²) >= 11 is 5.96. The normalized spacial score (nSPS) is 17.4. The van der Waals surface area contributed by atoms with Gasteiger partial charge in [0.25, 0.3) is 0 Å². The molecule has 0 aliphatic carbocycles. The van der Waals surface area contributed by atoms with Gasteiger partial charge in [0.15, 0.2) is 5.69 Å². The van der Waals surface area contributed by atoms with E-state index in [2.05, 4.69) is 21.8 Å². The van der Waals surface area contributed by atoms with E-state index in [4.69, 9.17) is 11.6 Å². The number of piperazine rings is 1. The standard InChI is InChI=1S/C14H17ClN4O2/c1-17-4-6-18(7-5-17)9-12-16-13(14(20)21)11-8-10(15)2-3-19(11)12/h2-3,8H,4-7,9H2,1H3,(H,20,21). The molecule has 3 heterocycles. The summed E-state index contributed by atoms with van der Waals surface area (Å²) in [5.41, 5.74) is 0.598. The Morgan fingerprint density at radius 3 is 2.76 bits per heavy atom. The molecule has 1 aliphatic rings. The number of halogens is 1. The van der Waals surface area contributed by atoms with E-state index >= 15 is 0 Å². The molecule has 0 amide bonds. The zero-order valence-corrected chi connectivity index (χ0v) is 12.5. The number of carboxylic acid groups (broad SMARTS) is 1. The van der Waals surface area contributed by atoms with E-state index in [0.29, 0.717) is 17.1 Å².